The summed E-state index contributed by atoms with van der Waals surface area (Å²) in [5.74, 6) is -0.396. The Morgan fingerprint density at radius 1 is 0.967 bits per heavy atom. The molecule has 30 heavy (non-hydrogen) atoms. The highest BCUT2D eigenvalue weighted by molar-refractivity contribution is 7.89. The zero-order valence-corrected chi connectivity index (χ0v) is 18.3. The maximum atomic E-state index is 12.8. The van der Waals surface area contributed by atoms with Crippen LogP contribution >= 0.6 is 11.6 Å². The van der Waals surface area contributed by atoms with Crippen LogP contribution in [0.3, 0.4) is 0 Å². The first-order valence-electron chi connectivity index (χ1n) is 9.41. The van der Waals surface area contributed by atoms with Gasteiger partial charge in [0, 0.05) is 12.1 Å². The van der Waals surface area contributed by atoms with E-state index in [1.165, 1.54) is 31.3 Å². The van der Waals surface area contributed by atoms with Crippen molar-refractivity contribution < 1.29 is 13.2 Å². The average molecular weight is 443 g/mol. The maximum absolute atomic E-state index is 12.8. The lowest BCUT2D eigenvalue weighted by Gasteiger charge is -2.23. The van der Waals surface area contributed by atoms with Crippen LogP contribution in [0.5, 0.6) is 0 Å². The Labute approximate surface area is 182 Å². The van der Waals surface area contributed by atoms with Gasteiger partial charge < -0.3 is 5.32 Å². The number of halogens is 1. The van der Waals surface area contributed by atoms with Crippen LogP contribution in [-0.4, -0.2) is 32.2 Å². The summed E-state index contributed by atoms with van der Waals surface area (Å²) < 4.78 is 26.6. The van der Waals surface area contributed by atoms with Gasteiger partial charge in [0.1, 0.15) is 0 Å². The highest BCUT2D eigenvalue weighted by atomic mass is 35.5. The fourth-order valence-electron chi connectivity index (χ4n) is 3.18. The number of amides is 1. The van der Waals surface area contributed by atoms with Crippen molar-refractivity contribution in [2.24, 2.45) is 0 Å². The minimum absolute atomic E-state index is 0.0840. The van der Waals surface area contributed by atoms with Crippen molar-refractivity contribution in [3.63, 3.8) is 0 Å². The molecule has 0 aliphatic heterocycles. The zero-order chi connectivity index (χ0) is 21.7. The zero-order valence-electron chi connectivity index (χ0n) is 16.7. The lowest BCUT2D eigenvalue weighted by atomic mass is 9.95. The molecule has 1 atom stereocenters. The minimum atomic E-state index is -3.81. The van der Waals surface area contributed by atoms with E-state index in [0.717, 1.165) is 21.0 Å². The number of hydrogen-bond acceptors (Lipinski definition) is 3. The molecule has 0 radical (unpaired) electrons. The first kappa shape index (κ1) is 22.0. The molecular formula is C23H23ClN2O3S. The molecule has 0 aliphatic rings. The quantitative estimate of drug-likeness (QED) is 0.597. The van der Waals surface area contributed by atoms with E-state index in [1.54, 1.807) is 0 Å². The summed E-state index contributed by atoms with van der Waals surface area (Å²) in [6.07, 6.45) is 0. The van der Waals surface area contributed by atoms with Crippen LogP contribution in [0.25, 0.3) is 0 Å². The van der Waals surface area contributed by atoms with Crippen molar-refractivity contribution >= 4 is 27.5 Å². The Morgan fingerprint density at radius 3 is 2.20 bits per heavy atom. The number of carbonyl (C=O) groups excluding carboxylic acids is 1. The molecule has 3 aromatic rings. The molecule has 156 valence electrons. The summed E-state index contributed by atoms with van der Waals surface area (Å²) in [7, 11) is -2.43. The minimum Gasteiger partial charge on any atom is -0.344 e. The second-order valence-electron chi connectivity index (χ2n) is 6.98. The van der Waals surface area contributed by atoms with Crippen molar-refractivity contribution in [2.45, 2.75) is 17.9 Å². The van der Waals surface area contributed by atoms with Crippen LogP contribution in [0, 0.1) is 6.92 Å². The molecular weight excluding hydrogens is 420 g/mol. The van der Waals surface area contributed by atoms with Crippen molar-refractivity contribution in [1.29, 1.82) is 0 Å². The smallest absolute Gasteiger partial charge is 0.243 e. The van der Waals surface area contributed by atoms with Crippen LogP contribution in [0.15, 0.2) is 83.8 Å². The van der Waals surface area contributed by atoms with E-state index < -0.39 is 15.9 Å². The van der Waals surface area contributed by atoms with Crippen molar-refractivity contribution in [1.82, 2.24) is 9.62 Å². The first-order chi connectivity index (χ1) is 14.3. The molecule has 7 heteroatoms. The SMILES string of the molecule is Cc1ccccc1C(NC(=O)CN(C)S(=O)(=O)c1ccc(Cl)cc1)c1ccccc1. The van der Waals surface area contributed by atoms with Crippen LogP contribution in [-0.2, 0) is 14.8 Å². The van der Waals surface area contributed by atoms with Gasteiger partial charge in [0.15, 0.2) is 0 Å². The summed E-state index contributed by atoms with van der Waals surface area (Å²) >= 11 is 5.84. The number of aryl methyl sites for hydroxylation is 1. The largest absolute Gasteiger partial charge is 0.344 e. The maximum Gasteiger partial charge on any atom is 0.243 e. The van der Waals surface area contributed by atoms with Crippen LogP contribution in [0.1, 0.15) is 22.7 Å². The second-order valence-corrected chi connectivity index (χ2v) is 9.46. The molecule has 0 spiro atoms. The molecule has 0 saturated heterocycles. The fraction of sp³-hybridized carbons (Fsp3) is 0.174. The molecule has 0 aromatic heterocycles. The van der Waals surface area contributed by atoms with E-state index in [2.05, 4.69) is 5.32 Å². The first-order valence-corrected chi connectivity index (χ1v) is 11.2. The molecule has 3 aromatic carbocycles. The Kier molecular flexibility index (Phi) is 6.92. The number of nitrogens with one attached hydrogen (secondary N) is 1. The van der Waals surface area contributed by atoms with Crippen LogP contribution in [0.2, 0.25) is 5.02 Å². The number of sulfonamides is 1. The van der Waals surface area contributed by atoms with Gasteiger partial charge in [-0.2, -0.15) is 4.31 Å². The van der Waals surface area contributed by atoms with E-state index in [9.17, 15) is 13.2 Å². The third-order valence-electron chi connectivity index (χ3n) is 4.83. The topological polar surface area (TPSA) is 66.5 Å². The van der Waals surface area contributed by atoms with Crippen molar-refractivity contribution in [2.75, 3.05) is 13.6 Å². The highest BCUT2D eigenvalue weighted by Gasteiger charge is 2.25. The molecule has 1 amide bonds. The Bertz CT molecular complexity index is 1120. The standard InChI is InChI=1S/C23H23ClN2O3S/c1-17-8-6-7-11-21(17)23(18-9-4-3-5-10-18)25-22(27)16-26(2)30(28,29)20-14-12-19(24)13-15-20/h3-15,23H,16H2,1-2H3,(H,25,27). The van der Waals surface area contributed by atoms with Gasteiger partial charge in [-0.05, 0) is 47.9 Å². The summed E-state index contributed by atoms with van der Waals surface area (Å²) in [5, 5.41) is 3.43. The third kappa shape index (κ3) is 5.08. The van der Waals surface area contributed by atoms with E-state index in [4.69, 9.17) is 11.6 Å². The van der Waals surface area contributed by atoms with Gasteiger partial charge in [-0.15, -0.1) is 0 Å². The molecule has 1 N–H and O–H groups in total. The van der Waals surface area contributed by atoms with Gasteiger partial charge >= 0.3 is 0 Å². The number of benzene rings is 3. The van der Waals surface area contributed by atoms with E-state index in [-0.39, 0.29) is 17.5 Å². The lowest BCUT2D eigenvalue weighted by Crippen LogP contribution is -2.40. The summed E-state index contributed by atoms with van der Waals surface area (Å²) in [6, 6.07) is 22.9. The van der Waals surface area contributed by atoms with Crippen molar-refractivity contribution in [3.8, 4) is 0 Å². The predicted molar refractivity (Wildman–Crippen MR) is 119 cm³/mol. The number of nitrogens with zero attached hydrogens (tertiary/aromatic N) is 1. The van der Waals surface area contributed by atoms with Gasteiger partial charge in [0.25, 0.3) is 0 Å². The number of carbonyl (C=O) groups is 1. The van der Waals surface area contributed by atoms with Gasteiger partial charge in [-0.3, -0.25) is 4.79 Å². The Hall–Kier alpha value is -2.67. The van der Waals surface area contributed by atoms with Crippen molar-refractivity contribution in [3.05, 3.63) is 101 Å². The Morgan fingerprint density at radius 2 is 1.57 bits per heavy atom. The van der Waals surface area contributed by atoms with Gasteiger partial charge in [0.2, 0.25) is 15.9 Å². The van der Waals surface area contributed by atoms with E-state index >= 15 is 0 Å². The molecule has 5 nitrogen and oxygen atoms in total. The van der Waals surface area contributed by atoms with E-state index in [0.29, 0.717) is 5.02 Å². The molecule has 0 bridgehead atoms. The molecule has 0 aliphatic carbocycles. The van der Waals surface area contributed by atoms with Crippen LogP contribution < -0.4 is 5.32 Å². The lowest BCUT2D eigenvalue weighted by molar-refractivity contribution is -0.121. The molecule has 0 fully saturated rings. The molecule has 3 rings (SSSR count). The normalized spacial score (nSPS) is 12.5. The monoisotopic (exact) mass is 442 g/mol. The molecule has 0 saturated carbocycles. The van der Waals surface area contributed by atoms with E-state index in [1.807, 2.05) is 61.5 Å². The van der Waals surface area contributed by atoms with Gasteiger partial charge in [-0.25, -0.2) is 8.42 Å². The summed E-state index contributed by atoms with van der Waals surface area (Å²) in [6.45, 7) is 1.68. The number of likely N-dealkylation sites (N-methyl/N-ethyl adjacent to an activating group) is 1. The third-order valence-corrected chi connectivity index (χ3v) is 6.90. The summed E-state index contributed by atoms with van der Waals surface area (Å²) in [5.41, 5.74) is 2.91. The van der Waals surface area contributed by atoms with Gasteiger partial charge in [0.05, 0.1) is 17.5 Å². The Balaban J connectivity index is 1.81. The van der Waals surface area contributed by atoms with Crippen LogP contribution in [0.4, 0.5) is 0 Å². The van der Waals surface area contributed by atoms with Gasteiger partial charge in [-0.1, -0.05) is 66.2 Å². The molecule has 0 heterocycles. The average Bonchev–Trinajstić information content (AvgIpc) is 2.73. The fourth-order valence-corrected chi connectivity index (χ4v) is 4.43. The highest BCUT2D eigenvalue weighted by Crippen LogP contribution is 2.25. The number of rotatable bonds is 7. The second kappa shape index (κ2) is 9.43. The summed E-state index contributed by atoms with van der Waals surface area (Å²) in [4.78, 5) is 12.9. The number of hydrogen-bond donors (Lipinski definition) is 1. The molecule has 1 unspecified atom stereocenters. The predicted octanol–water partition coefficient (Wildman–Crippen LogP) is 4.17.